The van der Waals surface area contributed by atoms with Crippen LogP contribution in [-0.2, 0) is 4.79 Å². The second kappa shape index (κ2) is 4.70. The van der Waals surface area contributed by atoms with Gasteiger partial charge in [-0.25, -0.2) is 14.6 Å². The summed E-state index contributed by atoms with van der Waals surface area (Å²) < 4.78 is 30.6. The molecule has 0 fully saturated rings. The smallest absolute Gasteiger partial charge is 0.274 e. The second-order valence-corrected chi connectivity index (χ2v) is 2.84. The Labute approximate surface area is 85.0 Å². The van der Waals surface area contributed by atoms with Gasteiger partial charge in [-0.05, 0) is 19.1 Å². The molecule has 1 aromatic carbocycles. The molecule has 1 unspecified atom stereocenters. The van der Waals surface area contributed by atoms with Crippen molar-refractivity contribution in [3.63, 3.8) is 0 Å². The number of amides is 1. The maximum atomic E-state index is 13.0. The third kappa shape index (κ3) is 2.88. The Kier molecular flexibility index (Phi) is 3.56. The van der Waals surface area contributed by atoms with Gasteiger partial charge in [0.15, 0.2) is 17.7 Å². The minimum Gasteiger partial charge on any atom is -0.478 e. The van der Waals surface area contributed by atoms with E-state index in [4.69, 9.17) is 10.6 Å². The Morgan fingerprint density at radius 2 is 2.20 bits per heavy atom. The number of hydrogen-bond acceptors (Lipinski definition) is 3. The lowest BCUT2D eigenvalue weighted by molar-refractivity contribution is -0.127. The van der Waals surface area contributed by atoms with Crippen molar-refractivity contribution in [2.24, 2.45) is 5.84 Å². The van der Waals surface area contributed by atoms with Gasteiger partial charge in [-0.3, -0.25) is 10.2 Å². The van der Waals surface area contributed by atoms with Crippen LogP contribution in [0.25, 0.3) is 0 Å². The third-order valence-electron chi connectivity index (χ3n) is 1.71. The Bertz CT molecular complexity index is 371. The molecule has 0 saturated carbocycles. The van der Waals surface area contributed by atoms with Crippen LogP contribution in [0.2, 0.25) is 0 Å². The van der Waals surface area contributed by atoms with Crippen molar-refractivity contribution in [1.29, 1.82) is 0 Å². The van der Waals surface area contributed by atoms with E-state index < -0.39 is 23.6 Å². The number of rotatable bonds is 3. The molecule has 1 amide bonds. The summed E-state index contributed by atoms with van der Waals surface area (Å²) in [5.41, 5.74) is 1.84. The molecule has 0 aliphatic carbocycles. The van der Waals surface area contributed by atoms with E-state index in [1.54, 1.807) is 0 Å². The van der Waals surface area contributed by atoms with E-state index in [9.17, 15) is 13.6 Å². The third-order valence-corrected chi connectivity index (χ3v) is 1.71. The maximum Gasteiger partial charge on any atom is 0.274 e. The zero-order valence-electron chi connectivity index (χ0n) is 7.96. The monoisotopic (exact) mass is 216 g/mol. The van der Waals surface area contributed by atoms with Crippen LogP contribution in [0.15, 0.2) is 18.2 Å². The molecule has 82 valence electrons. The number of halogens is 2. The molecular weight excluding hydrogens is 206 g/mol. The van der Waals surface area contributed by atoms with Crippen molar-refractivity contribution in [2.75, 3.05) is 0 Å². The topological polar surface area (TPSA) is 64.3 Å². The van der Waals surface area contributed by atoms with E-state index in [0.29, 0.717) is 0 Å². The number of nitrogens with one attached hydrogen (secondary N) is 1. The van der Waals surface area contributed by atoms with Gasteiger partial charge in [-0.15, -0.1) is 0 Å². The van der Waals surface area contributed by atoms with Gasteiger partial charge in [-0.2, -0.15) is 0 Å². The summed E-state index contributed by atoms with van der Waals surface area (Å²) in [5, 5.41) is 0. The predicted octanol–water partition coefficient (Wildman–Crippen LogP) is 0.722. The minimum absolute atomic E-state index is 0.328. The van der Waals surface area contributed by atoms with E-state index in [-0.39, 0.29) is 5.75 Å². The molecule has 4 nitrogen and oxygen atoms in total. The number of hydrogen-bond donors (Lipinski definition) is 2. The maximum absolute atomic E-state index is 13.0. The average molecular weight is 216 g/mol. The molecule has 0 bridgehead atoms. The van der Waals surface area contributed by atoms with Gasteiger partial charge in [-0.1, -0.05) is 0 Å². The van der Waals surface area contributed by atoms with Crippen LogP contribution in [0.5, 0.6) is 5.75 Å². The van der Waals surface area contributed by atoms with Crippen LogP contribution in [0.1, 0.15) is 6.92 Å². The van der Waals surface area contributed by atoms with Gasteiger partial charge in [0.05, 0.1) is 0 Å². The lowest BCUT2D eigenvalue weighted by Gasteiger charge is -2.13. The molecule has 0 saturated heterocycles. The highest BCUT2D eigenvalue weighted by Crippen LogP contribution is 2.19. The van der Waals surface area contributed by atoms with Crippen LogP contribution in [0.4, 0.5) is 8.78 Å². The molecule has 0 heterocycles. The van der Waals surface area contributed by atoms with E-state index in [1.165, 1.54) is 6.92 Å². The first-order chi connectivity index (χ1) is 7.04. The highest BCUT2D eigenvalue weighted by atomic mass is 19.1. The quantitative estimate of drug-likeness (QED) is 0.444. The summed E-state index contributed by atoms with van der Waals surface area (Å²) in [4.78, 5) is 10.9. The molecule has 0 spiro atoms. The molecule has 1 rings (SSSR count). The molecule has 15 heavy (non-hydrogen) atoms. The van der Waals surface area contributed by atoms with Gasteiger partial charge in [0, 0.05) is 6.07 Å². The van der Waals surface area contributed by atoms with E-state index in [0.717, 1.165) is 18.2 Å². The van der Waals surface area contributed by atoms with Crippen molar-refractivity contribution in [3.05, 3.63) is 29.8 Å². The van der Waals surface area contributed by atoms with Crippen molar-refractivity contribution in [1.82, 2.24) is 5.43 Å². The van der Waals surface area contributed by atoms with Crippen molar-refractivity contribution < 1.29 is 18.3 Å². The molecule has 0 aliphatic rings. The van der Waals surface area contributed by atoms with E-state index in [2.05, 4.69) is 0 Å². The average Bonchev–Trinajstić information content (AvgIpc) is 2.22. The number of nitrogens with two attached hydrogens (primary N) is 1. The van der Waals surface area contributed by atoms with E-state index in [1.807, 2.05) is 5.43 Å². The van der Waals surface area contributed by atoms with Crippen molar-refractivity contribution >= 4 is 5.91 Å². The zero-order chi connectivity index (χ0) is 11.4. The van der Waals surface area contributed by atoms with Crippen LogP contribution >= 0.6 is 0 Å². The number of hydrazine groups is 1. The fraction of sp³-hybridized carbons (Fsp3) is 0.222. The number of benzene rings is 1. The Balaban J connectivity index is 2.80. The Morgan fingerprint density at radius 1 is 1.53 bits per heavy atom. The lowest BCUT2D eigenvalue weighted by Crippen LogP contribution is -2.40. The molecule has 1 aromatic rings. The molecule has 6 heteroatoms. The standard InChI is InChI=1S/C9H10F2N2O2/c1-5(9(14)13-12)15-8-4-6(10)2-3-7(8)11/h2-5H,12H2,1H3,(H,13,14). The summed E-state index contributed by atoms with van der Waals surface area (Å²) in [5.74, 6) is 2.50. The number of carbonyl (C=O) groups excluding carboxylic acids is 1. The predicted molar refractivity (Wildman–Crippen MR) is 48.8 cm³/mol. The first kappa shape index (κ1) is 11.4. The van der Waals surface area contributed by atoms with Gasteiger partial charge in [0.1, 0.15) is 5.82 Å². The van der Waals surface area contributed by atoms with Gasteiger partial charge < -0.3 is 4.74 Å². The molecule has 1 atom stereocenters. The summed E-state index contributed by atoms with van der Waals surface area (Å²) in [6.07, 6.45) is -0.994. The number of carbonyl (C=O) groups is 1. The van der Waals surface area contributed by atoms with Crippen molar-refractivity contribution in [2.45, 2.75) is 13.0 Å². The molecule has 0 radical (unpaired) electrons. The van der Waals surface area contributed by atoms with Gasteiger partial charge >= 0.3 is 0 Å². The van der Waals surface area contributed by atoms with Crippen LogP contribution in [0.3, 0.4) is 0 Å². The normalized spacial score (nSPS) is 12.0. The fourth-order valence-electron chi connectivity index (χ4n) is 0.929. The van der Waals surface area contributed by atoms with Crippen LogP contribution in [0, 0.1) is 11.6 Å². The first-order valence-corrected chi connectivity index (χ1v) is 4.16. The highest BCUT2D eigenvalue weighted by Gasteiger charge is 2.15. The second-order valence-electron chi connectivity index (χ2n) is 2.84. The summed E-state index contributed by atoms with van der Waals surface area (Å²) in [6, 6.07) is 2.73. The van der Waals surface area contributed by atoms with Gasteiger partial charge in [0.2, 0.25) is 0 Å². The van der Waals surface area contributed by atoms with Crippen LogP contribution < -0.4 is 16.0 Å². The molecule has 3 N–H and O–H groups in total. The largest absolute Gasteiger partial charge is 0.478 e. The van der Waals surface area contributed by atoms with Crippen molar-refractivity contribution in [3.8, 4) is 5.75 Å². The summed E-state index contributed by atoms with van der Waals surface area (Å²) in [6.45, 7) is 1.37. The van der Waals surface area contributed by atoms with Crippen LogP contribution in [-0.4, -0.2) is 12.0 Å². The zero-order valence-corrected chi connectivity index (χ0v) is 7.96. The molecule has 0 aromatic heterocycles. The lowest BCUT2D eigenvalue weighted by atomic mass is 10.3. The van der Waals surface area contributed by atoms with E-state index >= 15 is 0 Å². The molecule has 0 aliphatic heterocycles. The minimum atomic E-state index is -0.994. The molecular formula is C9H10F2N2O2. The summed E-state index contributed by atoms with van der Waals surface area (Å²) in [7, 11) is 0. The SMILES string of the molecule is CC(Oc1cc(F)ccc1F)C(=O)NN. The number of ether oxygens (including phenoxy) is 1. The first-order valence-electron chi connectivity index (χ1n) is 4.16. The highest BCUT2D eigenvalue weighted by molar-refractivity contribution is 5.80. The Hall–Kier alpha value is -1.69. The fourth-order valence-corrected chi connectivity index (χ4v) is 0.929. The summed E-state index contributed by atoms with van der Waals surface area (Å²) >= 11 is 0. The Morgan fingerprint density at radius 3 is 2.80 bits per heavy atom. The van der Waals surface area contributed by atoms with Gasteiger partial charge in [0.25, 0.3) is 5.91 Å².